The molecule has 0 aromatic carbocycles. The normalized spacial score (nSPS) is 13.3. The van der Waals surface area contributed by atoms with Gasteiger partial charge in [0.1, 0.15) is 13.2 Å². The van der Waals surface area contributed by atoms with Crippen LogP contribution in [-0.4, -0.2) is 37.2 Å². The van der Waals surface area contributed by atoms with Crippen LogP contribution in [0.2, 0.25) is 0 Å². The van der Waals surface area contributed by atoms with Crippen LogP contribution >= 0.6 is 0 Å². The fourth-order valence-electron chi connectivity index (χ4n) is 7.39. The molecule has 0 rings (SSSR count). The average molecular weight is 1010 g/mol. The second kappa shape index (κ2) is 59.6. The minimum absolute atomic E-state index is 0.110. The molecule has 0 heterocycles. The van der Waals surface area contributed by atoms with Crippen LogP contribution in [0.15, 0.2) is 158 Å². The van der Waals surface area contributed by atoms with Gasteiger partial charge in [-0.1, -0.05) is 256 Å². The molecule has 0 radical (unpaired) electrons. The van der Waals surface area contributed by atoms with Crippen molar-refractivity contribution in [3.05, 3.63) is 158 Å². The zero-order chi connectivity index (χ0) is 52.9. The monoisotopic (exact) mass is 1000 g/mol. The highest BCUT2D eigenvalue weighted by Crippen LogP contribution is 2.14. The summed E-state index contributed by atoms with van der Waals surface area (Å²) in [4.78, 5) is 38.2. The van der Waals surface area contributed by atoms with Crippen LogP contribution in [0.25, 0.3) is 0 Å². The van der Waals surface area contributed by atoms with Crippen LogP contribution in [0, 0.1) is 0 Å². The van der Waals surface area contributed by atoms with Crippen molar-refractivity contribution in [1.82, 2.24) is 0 Å². The highest BCUT2D eigenvalue weighted by molar-refractivity contribution is 5.71. The number of unbranched alkanes of at least 4 members (excludes halogenated alkanes) is 19. The molecule has 0 aromatic heterocycles. The Morgan fingerprint density at radius 2 is 0.603 bits per heavy atom. The van der Waals surface area contributed by atoms with Gasteiger partial charge in [-0.25, -0.2) is 0 Å². The molecule has 0 saturated carbocycles. The van der Waals surface area contributed by atoms with Gasteiger partial charge in [0.05, 0.1) is 0 Å². The Morgan fingerprint density at radius 3 is 1.01 bits per heavy atom. The summed E-state index contributed by atoms with van der Waals surface area (Å²) in [6.07, 6.45) is 86.5. The van der Waals surface area contributed by atoms with Gasteiger partial charge < -0.3 is 14.2 Å². The van der Waals surface area contributed by atoms with Gasteiger partial charge in [0.25, 0.3) is 0 Å². The molecule has 0 spiro atoms. The van der Waals surface area contributed by atoms with E-state index in [1.165, 1.54) is 64.2 Å². The Labute approximate surface area is 448 Å². The molecule has 0 fully saturated rings. The highest BCUT2D eigenvalue weighted by Gasteiger charge is 2.19. The molecule has 0 saturated heterocycles. The number of rotatable bonds is 50. The summed E-state index contributed by atoms with van der Waals surface area (Å²) >= 11 is 0. The molecule has 6 heteroatoms. The molecule has 0 aliphatic rings. The molecule has 73 heavy (non-hydrogen) atoms. The summed E-state index contributed by atoms with van der Waals surface area (Å²) in [5.41, 5.74) is 0. The van der Waals surface area contributed by atoms with Gasteiger partial charge in [0.2, 0.25) is 0 Å². The number of hydrogen-bond acceptors (Lipinski definition) is 6. The topological polar surface area (TPSA) is 78.9 Å². The van der Waals surface area contributed by atoms with Crippen molar-refractivity contribution in [3.63, 3.8) is 0 Å². The Bertz CT molecular complexity index is 1670. The van der Waals surface area contributed by atoms with Crippen LogP contribution in [0.1, 0.15) is 226 Å². The van der Waals surface area contributed by atoms with Gasteiger partial charge >= 0.3 is 17.9 Å². The van der Waals surface area contributed by atoms with E-state index < -0.39 is 6.10 Å². The predicted octanol–water partition coefficient (Wildman–Crippen LogP) is 19.8. The first-order chi connectivity index (χ1) is 36.0. The molecule has 0 amide bonds. The van der Waals surface area contributed by atoms with Crippen LogP contribution in [0.3, 0.4) is 0 Å². The number of carbonyl (C=O) groups is 3. The summed E-state index contributed by atoms with van der Waals surface area (Å²) in [6, 6.07) is 0. The first kappa shape index (κ1) is 68.0. The lowest BCUT2D eigenvalue weighted by Crippen LogP contribution is -2.30. The maximum atomic E-state index is 12.9. The number of ether oxygens (including phenoxy) is 3. The van der Waals surface area contributed by atoms with Crippen LogP contribution in [0.4, 0.5) is 0 Å². The standard InChI is InChI=1S/C67H104O6/c1-4-7-10-13-16-19-22-25-28-31-33-36-39-42-45-48-51-54-57-60-66(69)72-63-64(62-71-65(68)59-56-53-50-47-44-41-38-35-30-27-24-21-18-15-12-9-6-3)73-67(70)61-58-55-52-49-46-43-40-37-34-32-29-26-23-20-17-14-11-8-5-2/h7-8,10-11,13,16-22,25-31,33-34,36-37,39,42,45,64H,4-6,9,12,14-15,23-24,32,35,38,40-41,43-44,46-63H2,1-3H3/b10-7-,11-8-,16-13-,20-17-,21-18-,22-19-,28-25-,29-26-,30-27-,33-31+,37-34-,39-36-,45-42-. The van der Waals surface area contributed by atoms with E-state index in [1.807, 2.05) is 72.9 Å². The summed E-state index contributed by atoms with van der Waals surface area (Å²) in [6.45, 7) is 6.29. The molecule has 6 nitrogen and oxygen atoms in total. The van der Waals surface area contributed by atoms with Gasteiger partial charge in [-0.15, -0.1) is 0 Å². The SMILES string of the molecule is CC\C=C/C=C\C=C/C=C\C=C\C=C/C=C\CCCCCC(=O)OCC(COC(=O)CCCCCCCCC/C=C\C/C=C\CCCCC)OC(=O)CCCCCCCC/C=C\C/C=C\C/C=C\C/C=C\CC. The van der Waals surface area contributed by atoms with Crippen molar-refractivity contribution in [3.8, 4) is 0 Å². The van der Waals surface area contributed by atoms with Gasteiger partial charge in [0.15, 0.2) is 6.10 Å². The van der Waals surface area contributed by atoms with Gasteiger partial charge in [-0.2, -0.15) is 0 Å². The molecule has 1 unspecified atom stereocenters. The third-order valence-electron chi connectivity index (χ3n) is 11.7. The largest absolute Gasteiger partial charge is 0.462 e. The van der Waals surface area contributed by atoms with Crippen molar-refractivity contribution < 1.29 is 28.6 Å². The van der Waals surface area contributed by atoms with E-state index in [0.29, 0.717) is 19.3 Å². The molecule has 0 aromatic rings. The van der Waals surface area contributed by atoms with E-state index in [-0.39, 0.29) is 31.1 Å². The van der Waals surface area contributed by atoms with Crippen molar-refractivity contribution in [1.29, 1.82) is 0 Å². The fourth-order valence-corrected chi connectivity index (χ4v) is 7.39. The highest BCUT2D eigenvalue weighted by atomic mass is 16.6. The Kier molecular flexibility index (Phi) is 55.5. The zero-order valence-corrected chi connectivity index (χ0v) is 46.6. The summed E-state index contributed by atoms with van der Waals surface area (Å²) in [5.74, 6) is -0.985. The Balaban J connectivity index is 4.57. The van der Waals surface area contributed by atoms with E-state index >= 15 is 0 Å². The molecule has 1 atom stereocenters. The molecular formula is C67H104O6. The molecular weight excluding hydrogens is 901 g/mol. The van der Waals surface area contributed by atoms with Crippen LogP contribution in [-0.2, 0) is 28.6 Å². The molecule has 408 valence electrons. The number of allylic oxidation sites excluding steroid dienone is 26. The van der Waals surface area contributed by atoms with Crippen molar-refractivity contribution in [2.75, 3.05) is 13.2 Å². The molecule has 0 aliphatic carbocycles. The maximum absolute atomic E-state index is 12.9. The Hall–Kier alpha value is -4.97. The zero-order valence-electron chi connectivity index (χ0n) is 46.6. The third-order valence-corrected chi connectivity index (χ3v) is 11.7. The summed E-state index contributed by atoms with van der Waals surface area (Å²) < 4.78 is 16.8. The minimum atomic E-state index is -0.818. The lowest BCUT2D eigenvalue weighted by Gasteiger charge is -2.18. The number of esters is 3. The first-order valence-electron chi connectivity index (χ1n) is 29.1. The van der Waals surface area contributed by atoms with Crippen molar-refractivity contribution in [2.45, 2.75) is 232 Å². The van der Waals surface area contributed by atoms with E-state index in [1.54, 1.807) is 0 Å². The second-order valence-electron chi connectivity index (χ2n) is 18.6. The van der Waals surface area contributed by atoms with E-state index in [2.05, 4.69) is 106 Å². The maximum Gasteiger partial charge on any atom is 0.306 e. The molecule has 0 bridgehead atoms. The number of carbonyl (C=O) groups excluding carboxylic acids is 3. The second-order valence-corrected chi connectivity index (χ2v) is 18.6. The van der Waals surface area contributed by atoms with Gasteiger partial charge in [0, 0.05) is 19.3 Å². The van der Waals surface area contributed by atoms with E-state index in [9.17, 15) is 14.4 Å². The van der Waals surface area contributed by atoms with E-state index in [0.717, 1.165) is 122 Å². The van der Waals surface area contributed by atoms with E-state index in [4.69, 9.17) is 14.2 Å². The molecule has 0 aliphatic heterocycles. The molecule has 0 N–H and O–H groups in total. The Morgan fingerprint density at radius 1 is 0.301 bits per heavy atom. The smallest absolute Gasteiger partial charge is 0.306 e. The lowest BCUT2D eigenvalue weighted by molar-refractivity contribution is -0.167. The minimum Gasteiger partial charge on any atom is -0.462 e. The lowest BCUT2D eigenvalue weighted by atomic mass is 10.1. The summed E-state index contributed by atoms with van der Waals surface area (Å²) in [5, 5.41) is 0. The van der Waals surface area contributed by atoms with Gasteiger partial charge in [-0.05, 0) is 109 Å². The quantitative estimate of drug-likeness (QED) is 0.0199. The summed E-state index contributed by atoms with van der Waals surface area (Å²) in [7, 11) is 0. The average Bonchev–Trinajstić information content (AvgIpc) is 3.39. The van der Waals surface area contributed by atoms with Crippen LogP contribution < -0.4 is 0 Å². The van der Waals surface area contributed by atoms with Crippen molar-refractivity contribution >= 4 is 17.9 Å². The first-order valence-corrected chi connectivity index (χ1v) is 29.1. The third kappa shape index (κ3) is 57.8. The van der Waals surface area contributed by atoms with Crippen molar-refractivity contribution in [2.24, 2.45) is 0 Å². The number of hydrogen-bond donors (Lipinski definition) is 0. The van der Waals surface area contributed by atoms with Crippen LogP contribution in [0.5, 0.6) is 0 Å². The predicted molar refractivity (Wildman–Crippen MR) is 315 cm³/mol. The fraction of sp³-hybridized carbons (Fsp3) is 0.567. The van der Waals surface area contributed by atoms with Gasteiger partial charge in [-0.3, -0.25) is 14.4 Å².